The number of carboxylic acid groups (broad SMARTS) is 1. The van der Waals surface area contributed by atoms with E-state index in [1.165, 1.54) is 0 Å². The summed E-state index contributed by atoms with van der Waals surface area (Å²) in [6.07, 6.45) is 3.49. The average molecular weight is 252 g/mol. The van der Waals surface area contributed by atoms with Gasteiger partial charge in [-0.3, -0.25) is 9.78 Å². The zero-order valence-electron chi connectivity index (χ0n) is 9.80. The van der Waals surface area contributed by atoms with Crippen LogP contribution in [0.5, 0.6) is 0 Å². The second kappa shape index (κ2) is 7.23. The van der Waals surface area contributed by atoms with E-state index < -0.39 is 12.0 Å². The Morgan fingerprint density at radius 1 is 1.44 bits per heavy atom. The minimum absolute atomic E-state index is 0.190. The minimum atomic E-state index is -1.08. The van der Waals surface area contributed by atoms with Gasteiger partial charge in [-0.05, 0) is 18.1 Å². The molecule has 0 aromatic carbocycles. The molecule has 1 heterocycles. The van der Waals surface area contributed by atoms with Gasteiger partial charge in [0.1, 0.15) is 6.04 Å². The molecule has 0 bridgehead atoms. The van der Waals surface area contributed by atoms with E-state index in [2.05, 4.69) is 15.6 Å². The number of pyridine rings is 1. The lowest BCUT2D eigenvalue weighted by Crippen LogP contribution is -2.39. The predicted octanol–water partition coefficient (Wildman–Crippen LogP) is -0.317. The van der Waals surface area contributed by atoms with E-state index in [4.69, 9.17) is 10.8 Å². The van der Waals surface area contributed by atoms with Gasteiger partial charge in [0, 0.05) is 25.5 Å². The first-order valence-electron chi connectivity index (χ1n) is 5.48. The van der Waals surface area contributed by atoms with Gasteiger partial charge >= 0.3 is 12.0 Å². The topological polar surface area (TPSA) is 117 Å². The van der Waals surface area contributed by atoms with E-state index in [9.17, 15) is 9.59 Å². The molecule has 0 saturated carbocycles. The molecule has 0 fully saturated rings. The molecule has 1 rings (SSSR count). The molecule has 5 N–H and O–H groups in total. The summed E-state index contributed by atoms with van der Waals surface area (Å²) in [5, 5.41) is 13.7. The summed E-state index contributed by atoms with van der Waals surface area (Å²) in [5.41, 5.74) is 6.17. The fourth-order valence-corrected chi connectivity index (χ4v) is 1.21. The smallest absolute Gasteiger partial charge is 0.320 e. The molecule has 98 valence electrons. The van der Waals surface area contributed by atoms with Crippen molar-refractivity contribution in [1.82, 2.24) is 15.6 Å². The van der Waals surface area contributed by atoms with Crippen molar-refractivity contribution in [3.8, 4) is 0 Å². The van der Waals surface area contributed by atoms with E-state index in [-0.39, 0.29) is 19.0 Å². The second-order valence-electron chi connectivity index (χ2n) is 3.70. The van der Waals surface area contributed by atoms with E-state index in [1.54, 1.807) is 18.5 Å². The van der Waals surface area contributed by atoms with Crippen LogP contribution in [-0.4, -0.2) is 34.7 Å². The molecule has 0 aliphatic heterocycles. The Kier molecular flexibility index (Phi) is 5.59. The van der Waals surface area contributed by atoms with Crippen LogP contribution in [0.3, 0.4) is 0 Å². The number of rotatable bonds is 6. The number of nitrogens with two attached hydrogens (primary N) is 1. The highest BCUT2D eigenvalue weighted by Gasteiger charge is 2.10. The van der Waals surface area contributed by atoms with Crippen LogP contribution >= 0.6 is 0 Å². The summed E-state index contributed by atoms with van der Waals surface area (Å²) in [6, 6.07) is 2.30. The van der Waals surface area contributed by atoms with Gasteiger partial charge in [0.25, 0.3) is 0 Å². The monoisotopic (exact) mass is 252 g/mol. The molecule has 0 aliphatic rings. The van der Waals surface area contributed by atoms with Crippen molar-refractivity contribution in [3.05, 3.63) is 30.1 Å². The third-order valence-electron chi connectivity index (χ3n) is 2.23. The van der Waals surface area contributed by atoms with E-state index in [0.717, 1.165) is 5.56 Å². The van der Waals surface area contributed by atoms with Crippen molar-refractivity contribution in [2.45, 2.75) is 19.0 Å². The summed E-state index contributed by atoms with van der Waals surface area (Å²) in [4.78, 5) is 25.7. The standard InChI is InChI=1S/C11H16N4O3/c12-9(10(16)17)3-5-14-11(18)15-7-8-2-1-4-13-6-8/h1-2,4,6,9H,3,5,7,12H2,(H,16,17)(H2,14,15,18). The summed E-state index contributed by atoms with van der Waals surface area (Å²) in [7, 11) is 0. The first-order chi connectivity index (χ1) is 8.59. The van der Waals surface area contributed by atoms with Crippen molar-refractivity contribution in [2.24, 2.45) is 5.73 Å². The van der Waals surface area contributed by atoms with E-state index in [0.29, 0.717) is 6.54 Å². The molecule has 7 heteroatoms. The van der Waals surface area contributed by atoms with Crippen LogP contribution < -0.4 is 16.4 Å². The predicted molar refractivity (Wildman–Crippen MR) is 64.7 cm³/mol. The third-order valence-corrected chi connectivity index (χ3v) is 2.23. The van der Waals surface area contributed by atoms with Crippen LogP contribution in [-0.2, 0) is 11.3 Å². The normalized spacial score (nSPS) is 11.6. The molecule has 1 aromatic rings. The third kappa shape index (κ3) is 5.26. The lowest BCUT2D eigenvalue weighted by molar-refractivity contribution is -0.138. The van der Waals surface area contributed by atoms with Gasteiger partial charge in [-0.15, -0.1) is 0 Å². The number of aliphatic carboxylic acids is 1. The molecule has 1 aromatic heterocycles. The lowest BCUT2D eigenvalue weighted by Gasteiger charge is -2.09. The fraction of sp³-hybridized carbons (Fsp3) is 0.364. The highest BCUT2D eigenvalue weighted by Crippen LogP contribution is 1.93. The van der Waals surface area contributed by atoms with Crippen molar-refractivity contribution in [3.63, 3.8) is 0 Å². The number of amides is 2. The van der Waals surface area contributed by atoms with Crippen LogP contribution in [0.1, 0.15) is 12.0 Å². The van der Waals surface area contributed by atoms with E-state index >= 15 is 0 Å². The number of carbonyl (C=O) groups is 2. The van der Waals surface area contributed by atoms with Crippen molar-refractivity contribution < 1.29 is 14.7 Å². The summed E-state index contributed by atoms with van der Waals surface area (Å²) in [5.74, 6) is -1.08. The van der Waals surface area contributed by atoms with Gasteiger partial charge in [0.05, 0.1) is 0 Å². The number of aromatic nitrogens is 1. The Hall–Kier alpha value is -2.15. The highest BCUT2D eigenvalue weighted by molar-refractivity contribution is 5.74. The number of hydrogen-bond donors (Lipinski definition) is 4. The van der Waals surface area contributed by atoms with Crippen molar-refractivity contribution in [1.29, 1.82) is 0 Å². The molecule has 0 aliphatic carbocycles. The molecular weight excluding hydrogens is 236 g/mol. The molecule has 0 radical (unpaired) electrons. The fourth-order valence-electron chi connectivity index (χ4n) is 1.21. The van der Waals surface area contributed by atoms with Gasteiger partial charge < -0.3 is 21.5 Å². The Morgan fingerprint density at radius 2 is 2.22 bits per heavy atom. The molecule has 1 atom stereocenters. The molecule has 18 heavy (non-hydrogen) atoms. The summed E-state index contributed by atoms with van der Waals surface area (Å²) in [6.45, 7) is 0.580. The van der Waals surface area contributed by atoms with Crippen LogP contribution in [0.2, 0.25) is 0 Å². The van der Waals surface area contributed by atoms with E-state index in [1.807, 2.05) is 6.07 Å². The Bertz CT molecular complexity index is 397. The number of urea groups is 1. The van der Waals surface area contributed by atoms with Crippen LogP contribution in [0.15, 0.2) is 24.5 Å². The first kappa shape index (κ1) is 13.9. The van der Waals surface area contributed by atoms with Crippen molar-refractivity contribution >= 4 is 12.0 Å². The maximum absolute atomic E-state index is 11.3. The van der Waals surface area contributed by atoms with Gasteiger partial charge in [-0.1, -0.05) is 6.07 Å². The maximum Gasteiger partial charge on any atom is 0.320 e. The number of nitrogens with zero attached hydrogens (tertiary/aromatic N) is 1. The number of nitrogens with one attached hydrogen (secondary N) is 2. The largest absolute Gasteiger partial charge is 0.480 e. The van der Waals surface area contributed by atoms with Gasteiger partial charge in [0.2, 0.25) is 0 Å². The molecule has 7 nitrogen and oxygen atoms in total. The highest BCUT2D eigenvalue weighted by atomic mass is 16.4. The zero-order valence-corrected chi connectivity index (χ0v) is 9.80. The molecule has 0 saturated heterocycles. The molecular formula is C11H16N4O3. The number of carbonyl (C=O) groups excluding carboxylic acids is 1. The lowest BCUT2D eigenvalue weighted by atomic mass is 10.2. The Labute approximate surface area is 104 Å². The SMILES string of the molecule is NC(CCNC(=O)NCc1cccnc1)C(=O)O. The summed E-state index contributed by atoms with van der Waals surface area (Å²) < 4.78 is 0. The first-order valence-corrected chi connectivity index (χ1v) is 5.48. The second-order valence-corrected chi connectivity index (χ2v) is 3.70. The zero-order chi connectivity index (χ0) is 13.4. The van der Waals surface area contributed by atoms with Crippen LogP contribution in [0, 0.1) is 0 Å². The molecule has 0 spiro atoms. The maximum atomic E-state index is 11.3. The molecule has 1 unspecified atom stereocenters. The number of hydrogen-bond acceptors (Lipinski definition) is 4. The summed E-state index contributed by atoms with van der Waals surface area (Å²) >= 11 is 0. The Morgan fingerprint density at radius 3 is 2.83 bits per heavy atom. The van der Waals surface area contributed by atoms with Crippen molar-refractivity contribution in [2.75, 3.05) is 6.54 Å². The minimum Gasteiger partial charge on any atom is -0.480 e. The quantitative estimate of drug-likeness (QED) is 0.553. The average Bonchev–Trinajstić information content (AvgIpc) is 2.37. The van der Waals surface area contributed by atoms with Crippen LogP contribution in [0.25, 0.3) is 0 Å². The van der Waals surface area contributed by atoms with Crippen LogP contribution in [0.4, 0.5) is 4.79 Å². The van der Waals surface area contributed by atoms with Gasteiger partial charge in [-0.2, -0.15) is 0 Å². The molecule has 2 amide bonds. The van der Waals surface area contributed by atoms with Gasteiger partial charge in [0.15, 0.2) is 0 Å². The Balaban J connectivity index is 2.17. The van der Waals surface area contributed by atoms with Gasteiger partial charge in [-0.25, -0.2) is 4.79 Å². The number of carboxylic acids is 1.